The lowest BCUT2D eigenvalue weighted by molar-refractivity contribution is 0.122. The Kier molecular flexibility index (Phi) is 2.64. The van der Waals surface area contributed by atoms with Crippen molar-refractivity contribution in [3.8, 4) is 0 Å². The van der Waals surface area contributed by atoms with E-state index >= 15 is 0 Å². The maximum Gasteiger partial charge on any atom is 0.163 e. The number of hydrogen-bond donors (Lipinski definition) is 0. The summed E-state index contributed by atoms with van der Waals surface area (Å²) in [4.78, 5) is 10.9. The van der Waals surface area contributed by atoms with Crippen LogP contribution in [0.1, 0.15) is 6.92 Å². The first-order valence-electron chi connectivity index (χ1n) is 5.89. The topological polar surface area (TPSA) is 56.1 Å². The van der Waals surface area contributed by atoms with Gasteiger partial charge in [0.05, 0.1) is 24.8 Å². The molecule has 1 aliphatic heterocycles. The Morgan fingerprint density at radius 3 is 2.88 bits per heavy atom. The van der Waals surface area contributed by atoms with Crippen LogP contribution in [0.3, 0.4) is 0 Å². The first-order valence-corrected chi connectivity index (χ1v) is 5.89. The average Bonchev–Trinajstić information content (AvgIpc) is 2.82. The summed E-state index contributed by atoms with van der Waals surface area (Å²) in [6.45, 7) is 6.15. The van der Waals surface area contributed by atoms with Gasteiger partial charge in [-0.25, -0.2) is 14.6 Å². The maximum atomic E-state index is 5.35. The van der Waals surface area contributed by atoms with Crippen LogP contribution < -0.4 is 4.90 Å². The van der Waals surface area contributed by atoms with Crippen molar-refractivity contribution in [2.75, 3.05) is 31.2 Å². The molecule has 0 radical (unpaired) electrons. The number of anilines is 1. The molecule has 0 unspecified atom stereocenters. The van der Waals surface area contributed by atoms with Gasteiger partial charge >= 0.3 is 0 Å². The summed E-state index contributed by atoms with van der Waals surface area (Å²) in [6.07, 6.45) is 3.46. The van der Waals surface area contributed by atoms with Gasteiger partial charge in [-0.05, 0) is 6.92 Å². The van der Waals surface area contributed by atoms with Crippen molar-refractivity contribution in [2.45, 2.75) is 13.5 Å². The molecule has 6 heteroatoms. The van der Waals surface area contributed by atoms with E-state index in [0.717, 1.165) is 49.7 Å². The predicted molar refractivity (Wildman–Crippen MR) is 64.0 cm³/mol. The molecule has 1 saturated heterocycles. The Balaban J connectivity index is 2.06. The number of morpholine rings is 1. The third-order valence-electron chi connectivity index (χ3n) is 3.02. The first kappa shape index (κ1) is 10.5. The Morgan fingerprint density at radius 1 is 1.29 bits per heavy atom. The number of rotatable bonds is 2. The highest BCUT2D eigenvalue weighted by molar-refractivity contribution is 5.86. The van der Waals surface area contributed by atoms with Gasteiger partial charge in [0.1, 0.15) is 12.1 Å². The van der Waals surface area contributed by atoms with Crippen LogP contribution in [0.2, 0.25) is 0 Å². The number of hydrogen-bond acceptors (Lipinski definition) is 5. The highest BCUT2D eigenvalue weighted by Crippen LogP contribution is 2.22. The zero-order chi connectivity index (χ0) is 11.7. The smallest absolute Gasteiger partial charge is 0.163 e. The Bertz CT molecular complexity index is 518. The summed E-state index contributed by atoms with van der Waals surface area (Å²) >= 11 is 0. The lowest BCUT2D eigenvalue weighted by Crippen LogP contribution is -2.36. The molecule has 0 amide bonds. The Hall–Kier alpha value is -1.69. The van der Waals surface area contributed by atoms with Crippen LogP contribution in [0.25, 0.3) is 11.0 Å². The predicted octanol–water partition coefficient (Wildman–Crippen LogP) is 0.683. The maximum absolute atomic E-state index is 5.35. The van der Waals surface area contributed by atoms with Gasteiger partial charge in [0, 0.05) is 19.6 Å². The van der Waals surface area contributed by atoms with Crippen molar-refractivity contribution >= 4 is 16.9 Å². The molecule has 0 aliphatic carbocycles. The summed E-state index contributed by atoms with van der Waals surface area (Å²) in [5, 5.41) is 5.35. The van der Waals surface area contributed by atoms with Gasteiger partial charge in [-0.2, -0.15) is 5.10 Å². The normalized spacial score (nSPS) is 16.6. The summed E-state index contributed by atoms with van der Waals surface area (Å²) in [7, 11) is 0. The molecule has 6 nitrogen and oxygen atoms in total. The molecule has 90 valence electrons. The zero-order valence-corrected chi connectivity index (χ0v) is 9.83. The van der Waals surface area contributed by atoms with Crippen molar-refractivity contribution in [1.82, 2.24) is 19.7 Å². The minimum absolute atomic E-state index is 0.757. The Morgan fingerprint density at radius 2 is 2.12 bits per heavy atom. The van der Waals surface area contributed by atoms with E-state index in [-0.39, 0.29) is 0 Å². The number of nitrogens with zero attached hydrogens (tertiary/aromatic N) is 5. The largest absolute Gasteiger partial charge is 0.378 e. The van der Waals surface area contributed by atoms with E-state index in [1.165, 1.54) is 0 Å². The fourth-order valence-corrected chi connectivity index (χ4v) is 2.14. The van der Waals surface area contributed by atoms with Gasteiger partial charge < -0.3 is 9.64 Å². The average molecular weight is 233 g/mol. The van der Waals surface area contributed by atoms with Crippen LogP contribution in [0, 0.1) is 0 Å². The molecular weight excluding hydrogens is 218 g/mol. The molecule has 0 bridgehead atoms. The molecule has 0 N–H and O–H groups in total. The van der Waals surface area contributed by atoms with Gasteiger partial charge in [0.2, 0.25) is 0 Å². The van der Waals surface area contributed by atoms with Gasteiger partial charge in [-0.1, -0.05) is 0 Å². The fraction of sp³-hybridized carbons (Fsp3) is 0.545. The van der Waals surface area contributed by atoms with Crippen molar-refractivity contribution in [3.63, 3.8) is 0 Å². The third kappa shape index (κ3) is 1.74. The first-order chi connectivity index (χ1) is 8.40. The summed E-state index contributed by atoms with van der Waals surface area (Å²) in [5.41, 5.74) is 0.906. The molecule has 0 atom stereocenters. The van der Waals surface area contributed by atoms with E-state index in [0.29, 0.717) is 0 Å². The third-order valence-corrected chi connectivity index (χ3v) is 3.02. The lowest BCUT2D eigenvalue weighted by Gasteiger charge is -2.27. The second kappa shape index (κ2) is 4.29. The molecule has 2 aromatic heterocycles. The van der Waals surface area contributed by atoms with E-state index in [4.69, 9.17) is 4.74 Å². The van der Waals surface area contributed by atoms with Crippen LogP contribution in [0.15, 0.2) is 12.5 Å². The summed E-state index contributed by atoms with van der Waals surface area (Å²) in [6, 6.07) is 0. The fourth-order valence-electron chi connectivity index (χ4n) is 2.14. The van der Waals surface area contributed by atoms with Crippen molar-refractivity contribution in [3.05, 3.63) is 12.5 Å². The molecule has 17 heavy (non-hydrogen) atoms. The number of aromatic nitrogens is 4. The molecule has 0 aromatic carbocycles. The molecule has 0 spiro atoms. The van der Waals surface area contributed by atoms with Gasteiger partial charge in [-0.15, -0.1) is 0 Å². The monoisotopic (exact) mass is 233 g/mol. The van der Waals surface area contributed by atoms with Crippen LogP contribution in [-0.4, -0.2) is 46.1 Å². The minimum atomic E-state index is 0.757. The van der Waals surface area contributed by atoms with Crippen LogP contribution in [0.5, 0.6) is 0 Å². The number of fused-ring (bicyclic) bond motifs is 1. The lowest BCUT2D eigenvalue weighted by atomic mass is 10.3. The second-order valence-corrected chi connectivity index (χ2v) is 3.99. The SMILES string of the molecule is CCn1ncc2c(N3CCOCC3)ncnc21. The van der Waals surface area contributed by atoms with Gasteiger partial charge in [0.15, 0.2) is 5.65 Å². The molecule has 1 aliphatic rings. The quantitative estimate of drug-likeness (QED) is 0.763. The Labute approximate surface area is 99.2 Å². The van der Waals surface area contributed by atoms with E-state index in [9.17, 15) is 0 Å². The van der Waals surface area contributed by atoms with Crippen molar-refractivity contribution in [2.24, 2.45) is 0 Å². The number of aryl methyl sites for hydroxylation is 1. The summed E-state index contributed by atoms with van der Waals surface area (Å²) in [5.74, 6) is 0.970. The van der Waals surface area contributed by atoms with E-state index in [2.05, 4.69) is 26.9 Å². The second-order valence-electron chi connectivity index (χ2n) is 3.99. The minimum Gasteiger partial charge on any atom is -0.378 e. The highest BCUT2D eigenvalue weighted by Gasteiger charge is 2.17. The van der Waals surface area contributed by atoms with E-state index in [1.807, 2.05) is 10.9 Å². The highest BCUT2D eigenvalue weighted by atomic mass is 16.5. The zero-order valence-electron chi connectivity index (χ0n) is 9.83. The molecule has 2 aromatic rings. The van der Waals surface area contributed by atoms with Crippen molar-refractivity contribution in [1.29, 1.82) is 0 Å². The molecule has 3 rings (SSSR count). The van der Waals surface area contributed by atoms with E-state index in [1.54, 1.807) is 6.33 Å². The standard InChI is InChI=1S/C11H15N5O/c1-2-16-11-9(7-14-16)10(12-8-13-11)15-3-5-17-6-4-15/h7-8H,2-6H2,1H3. The molecule has 1 fully saturated rings. The molecular formula is C11H15N5O. The van der Waals surface area contributed by atoms with Crippen molar-refractivity contribution < 1.29 is 4.74 Å². The van der Waals surface area contributed by atoms with Crippen LogP contribution >= 0.6 is 0 Å². The van der Waals surface area contributed by atoms with Crippen LogP contribution in [0.4, 0.5) is 5.82 Å². The molecule has 3 heterocycles. The number of ether oxygens (including phenoxy) is 1. The van der Waals surface area contributed by atoms with Crippen LogP contribution in [-0.2, 0) is 11.3 Å². The summed E-state index contributed by atoms with van der Waals surface area (Å²) < 4.78 is 7.24. The van der Waals surface area contributed by atoms with Gasteiger partial charge in [-0.3, -0.25) is 0 Å². The molecule has 0 saturated carbocycles. The van der Waals surface area contributed by atoms with E-state index < -0.39 is 0 Å². The van der Waals surface area contributed by atoms with Gasteiger partial charge in [0.25, 0.3) is 0 Å².